The number of nitrogens with zero attached hydrogens (tertiary/aromatic N) is 1. The number of hydrogen-bond acceptors (Lipinski definition) is 5. The van der Waals surface area contributed by atoms with Gasteiger partial charge in [-0.05, 0) is 42.7 Å². The van der Waals surface area contributed by atoms with Gasteiger partial charge in [-0.1, -0.05) is 35.3 Å². The lowest BCUT2D eigenvalue weighted by Gasteiger charge is -2.31. The van der Waals surface area contributed by atoms with Gasteiger partial charge in [-0.15, -0.1) is 0 Å². The predicted octanol–water partition coefficient (Wildman–Crippen LogP) is 3.74. The largest absolute Gasteiger partial charge is 0.497 e. The van der Waals surface area contributed by atoms with E-state index < -0.39 is 15.9 Å². The van der Waals surface area contributed by atoms with Crippen LogP contribution in [0.1, 0.15) is 18.4 Å². The maximum absolute atomic E-state index is 12.9. The van der Waals surface area contributed by atoms with Gasteiger partial charge in [-0.25, -0.2) is 12.7 Å². The summed E-state index contributed by atoms with van der Waals surface area (Å²) in [5.74, 6) is 0.523. The first-order valence-corrected chi connectivity index (χ1v) is 12.6. The minimum atomic E-state index is -3.62. The zero-order valence-electron chi connectivity index (χ0n) is 17.7. The Morgan fingerprint density at radius 1 is 1.19 bits per heavy atom. The van der Waals surface area contributed by atoms with Crippen LogP contribution in [0, 0.1) is 5.92 Å². The summed E-state index contributed by atoms with van der Waals surface area (Å²) < 4.78 is 38.0. The van der Waals surface area contributed by atoms with Crippen molar-refractivity contribution in [1.82, 2.24) is 9.62 Å². The molecule has 3 rings (SSSR count). The van der Waals surface area contributed by atoms with E-state index in [0.29, 0.717) is 59.6 Å². The van der Waals surface area contributed by atoms with Crippen LogP contribution in [0.4, 0.5) is 0 Å². The van der Waals surface area contributed by atoms with Crippen molar-refractivity contribution in [1.29, 1.82) is 0 Å². The molecule has 0 aromatic heterocycles. The van der Waals surface area contributed by atoms with Crippen LogP contribution in [0.25, 0.3) is 0 Å². The van der Waals surface area contributed by atoms with Crippen molar-refractivity contribution in [3.63, 3.8) is 0 Å². The molecule has 0 saturated carbocycles. The fourth-order valence-electron chi connectivity index (χ4n) is 3.51. The second-order valence-electron chi connectivity index (χ2n) is 7.51. The maximum atomic E-state index is 12.9. The number of halogens is 2. The number of hydrogen-bond donors (Lipinski definition) is 1. The second-order valence-corrected chi connectivity index (χ2v) is 10.3. The maximum Gasteiger partial charge on any atom is 0.224 e. The molecule has 1 heterocycles. The van der Waals surface area contributed by atoms with Crippen LogP contribution in [-0.2, 0) is 20.6 Å². The van der Waals surface area contributed by atoms with Gasteiger partial charge in [0.25, 0.3) is 0 Å². The fraction of sp³-hybridized carbons (Fsp3) is 0.409. The van der Waals surface area contributed by atoms with Gasteiger partial charge in [-0.2, -0.15) is 0 Å². The van der Waals surface area contributed by atoms with Crippen molar-refractivity contribution in [2.45, 2.75) is 18.6 Å². The lowest BCUT2D eigenvalue weighted by Crippen LogP contribution is -2.46. The average Bonchev–Trinajstić information content (AvgIpc) is 2.78. The number of carbonyl (C=O) groups is 1. The van der Waals surface area contributed by atoms with E-state index in [0.717, 1.165) is 0 Å². The zero-order valence-corrected chi connectivity index (χ0v) is 20.0. The van der Waals surface area contributed by atoms with Crippen LogP contribution in [0.15, 0.2) is 42.5 Å². The van der Waals surface area contributed by atoms with Crippen LogP contribution in [0.2, 0.25) is 10.0 Å². The van der Waals surface area contributed by atoms with Gasteiger partial charge in [-0.3, -0.25) is 4.79 Å². The molecule has 7 nitrogen and oxygen atoms in total. The molecule has 1 aliphatic heterocycles. The number of carbonyl (C=O) groups excluding carboxylic acids is 1. The van der Waals surface area contributed by atoms with Crippen molar-refractivity contribution in [2.24, 2.45) is 5.92 Å². The molecule has 1 atom stereocenters. The van der Waals surface area contributed by atoms with Gasteiger partial charge in [0.2, 0.25) is 15.9 Å². The van der Waals surface area contributed by atoms with E-state index in [1.165, 1.54) is 10.4 Å². The molecule has 0 aliphatic carbocycles. The van der Waals surface area contributed by atoms with E-state index in [2.05, 4.69) is 5.32 Å². The van der Waals surface area contributed by atoms with Gasteiger partial charge < -0.3 is 14.8 Å². The number of piperidine rings is 1. The van der Waals surface area contributed by atoms with Gasteiger partial charge in [0.15, 0.2) is 0 Å². The molecule has 2 aromatic carbocycles. The Labute approximate surface area is 198 Å². The highest BCUT2D eigenvalue weighted by molar-refractivity contribution is 7.88. The number of rotatable bonds is 9. The molecule has 2 aromatic rings. The Hall–Kier alpha value is -2.00. The normalized spacial score (nSPS) is 17.0. The highest BCUT2D eigenvalue weighted by Gasteiger charge is 2.32. The van der Waals surface area contributed by atoms with Crippen molar-refractivity contribution in [2.75, 3.05) is 33.4 Å². The smallest absolute Gasteiger partial charge is 0.224 e. The molecule has 174 valence electrons. The fourth-order valence-corrected chi connectivity index (χ4v) is 5.71. The van der Waals surface area contributed by atoms with Crippen LogP contribution in [0.3, 0.4) is 0 Å². The predicted molar refractivity (Wildman–Crippen MR) is 125 cm³/mol. The summed E-state index contributed by atoms with van der Waals surface area (Å²) in [6, 6.07) is 11.9. The Kier molecular flexibility index (Phi) is 8.64. The quantitative estimate of drug-likeness (QED) is 0.530. The standard InChI is InChI=1S/C22H26Cl2N2O5S/c1-30-19-5-2-6-20(13-19)31-11-9-25-22(27)16-4-3-10-26(14-16)32(28,29)15-17-7-8-18(23)12-21(17)24/h2,5-8,12-13,16H,3-4,9-11,14-15H2,1H3,(H,25,27)/t16-/m1/s1. The third-order valence-corrected chi connectivity index (χ3v) is 7.59. The first-order valence-electron chi connectivity index (χ1n) is 10.2. The van der Waals surface area contributed by atoms with E-state index in [1.54, 1.807) is 31.4 Å². The molecule has 32 heavy (non-hydrogen) atoms. The topological polar surface area (TPSA) is 84.9 Å². The van der Waals surface area contributed by atoms with Crippen molar-refractivity contribution in [3.05, 3.63) is 58.1 Å². The Balaban J connectivity index is 1.50. The van der Waals surface area contributed by atoms with Crippen molar-refractivity contribution >= 4 is 39.1 Å². The van der Waals surface area contributed by atoms with Crippen LogP contribution in [-0.4, -0.2) is 52.0 Å². The monoisotopic (exact) mass is 500 g/mol. The Morgan fingerprint density at radius 3 is 2.72 bits per heavy atom. The molecule has 1 fully saturated rings. The van der Waals surface area contributed by atoms with Gasteiger partial charge in [0.1, 0.15) is 18.1 Å². The van der Waals surface area contributed by atoms with Crippen molar-refractivity contribution in [3.8, 4) is 11.5 Å². The number of methoxy groups -OCH3 is 1. The molecular formula is C22H26Cl2N2O5S. The molecule has 10 heteroatoms. The van der Waals surface area contributed by atoms with Crippen LogP contribution >= 0.6 is 23.2 Å². The van der Waals surface area contributed by atoms with Gasteiger partial charge >= 0.3 is 0 Å². The molecular weight excluding hydrogens is 475 g/mol. The first kappa shape index (κ1) is 24.6. The van der Waals surface area contributed by atoms with Gasteiger partial charge in [0, 0.05) is 29.2 Å². The van der Waals surface area contributed by atoms with Crippen LogP contribution < -0.4 is 14.8 Å². The zero-order chi connectivity index (χ0) is 23.1. The van der Waals surface area contributed by atoms with Gasteiger partial charge in [0.05, 0.1) is 25.3 Å². The number of benzene rings is 2. The third kappa shape index (κ3) is 6.75. The number of sulfonamides is 1. The van der Waals surface area contributed by atoms with E-state index in [4.69, 9.17) is 32.7 Å². The average molecular weight is 501 g/mol. The van der Waals surface area contributed by atoms with Crippen molar-refractivity contribution < 1.29 is 22.7 Å². The Bertz CT molecular complexity index is 1050. The summed E-state index contributed by atoms with van der Waals surface area (Å²) in [4.78, 5) is 12.6. The lowest BCUT2D eigenvalue weighted by atomic mass is 9.99. The second kappa shape index (κ2) is 11.2. The minimum absolute atomic E-state index is 0.149. The molecule has 0 spiro atoms. The van der Waals surface area contributed by atoms with E-state index in [-0.39, 0.29) is 18.2 Å². The summed E-state index contributed by atoms with van der Waals surface area (Å²) in [5, 5.41) is 3.59. The minimum Gasteiger partial charge on any atom is -0.497 e. The SMILES string of the molecule is COc1cccc(OCCNC(=O)[C@@H]2CCCN(S(=O)(=O)Cc3ccc(Cl)cc3Cl)C2)c1. The first-order chi connectivity index (χ1) is 15.3. The van der Waals surface area contributed by atoms with E-state index in [9.17, 15) is 13.2 Å². The molecule has 1 saturated heterocycles. The number of amides is 1. The molecule has 0 unspecified atom stereocenters. The summed E-state index contributed by atoms with van der Waals surface area (Å²) >= 11 is 12.0. The summed E-state index contributed by atoms with van der Waals surface area (Å²) in [5.41, 5.74) is 0.484. The van der Waals surface area contributed by atoms with E-state index >= 15 is 0 Å². The molecule has 1 N–H and O–H groups in total. The van der Waals surface area contributed by atoms with Crippen LogP contribution in [0.5, 0.6) is 11.5 Å². The lowest BCUT2D eigenvalue weighted by molar-refractivity contribution is -0.126. The summed E-state index contributed by atoms with van der Waals surface area (Å²) in [7, 11) is -2.04. The molecule has 1 amide bonds. The highest BCUT2D eigenvalue weighted by atomic mass is 35.5. The summed E-state index contributed by atoms with van der Waals surface area (Å²) in [6.07, 6.45) is 1.25. The third-order valence-electron chi connectivity index (χ3n) is 5.21. The Morgan fingerprint density at radius 2 is 1.97 bits per heavy atom. The molecule has 0 radical (unpaired) electrons. The molecule has 1 aliphatic rings. The molecule has 0 bridgehead atoms. The number of ether oxygens (including phenoxy) is 2. The summed E-state index contributed by atoms with van der Waals surface area (Å²) in [6.45, 7) is 1.15. The van der Waals surface area contributed by atoms with E-state index in [1.807, 2.05) is 12.1 Å². The highest BCUT2D eigenvalue weighted by Crippen LogP contribution is 2.26. The number of nitrogens with one attached hydrogen (secondary N) is 1.